The average Bonchev–Trinajstić information content (AvgIpc) is 2.30. The van der Waals surface area contributed by atoms with Crippen molar-refractivity contribution in [3.63, 3.8) is 0 Å². The number of nitrogens with zero attached hydrogens (tertiary/aromatic N) is 1. The molecule has 1 aromatic rings. The summed E-state index contributed by atoms with van der Waals surface area (Å²) in [5.41, 5.74) is 7.85. The molecule has 2 N–H and O–H groups in total. The third kappa shape index (κ3) is 3.16. The van der Waals surface area contributed by atoms with Gasteiger partial charge in [-0.25, -0.2) is 0 Å². The van der Waals surface area contributed by atoms with E-state index in [-0.39, 0.29) is 12.2 Å². The third-order valence-corrected chi connectivity index (χ3v) is 3.59. The van der Waals surface area contributed by atoms with Gasteiger partial charge in [-0.1, -0.05) is 17.7 Å². The molecule has 2 rings (SSSR count). The van der Waals surface area contributed by atoms with Crippen molar-refractivity contribution in [3.8, 4) is 0 Å². The molecule has 0 bridgehead atoms. The number of hydrogen-bond donors (Lipinski definition) is 1. The molecule has 1 aliphatic rings. The Morgan fingerprint density at radius 1 is 1.33 bits per heavy atom. The smallest absolute Gasteiger partial charge is 0.0726 e. The Morgan fingerprint density at radius 2 is 2.00 bits per heavy atom. The van der Waals surface area contributed by atoms with E-state index in [1.807, 2.05) is 6.07 Å². The van der Waals surface area contributed by atoms with Crippen LogP contribution < -0.4 is 10.6 Å². The predicted molar refractivity (Wildman–Crippen MR) is 76.4 cm³/mol. The molecule has 100 valence electrons. The molecule has 0 radical (unpaired) electrons. The highest BCUT2D eigenvalue weighted by Gasteiger charge is 2.22. The van der Waals surface area contributed by atoms with Crippen molar-refractivity contribution in [2.24, 2.45) is 5.73 Å². The monoisotopic (exact) mass is 268 g/mol. The van der Waals surface area contributed by atoms with E-state index >= 15 is 0 Å². The molecule has 0 amide bonds. The quantitative estimate of drug-likeness (QED) is 0.915. The fourth-order valence-electron chi connectivity index (χ4n) is 2.48. The number of anilines is 1. The van der Waals surface area contributed by atoms with E-state index in [1.165, 1.54) is 5.69 Å². The van der Waals surface area contributed by atoms with Crippen LogP contribution in [-0.2, 0) is 11.2 Å². The van der Waals surface area contributed by atoms with E-state index in [1.54, 1.807) is 0 Å². The fourth-order valence-corrected chi connectivity index (χ4v) is 2.75. The number of hydrogen-bond acceptors (Lipinski definition) is 3. The van der Waals surface area contributed by atoms with Gasteiger partial charge < -0.3 is 15.4 Å². The summed E-state index contributed by atoms with van der Waals surface area (Å²) in [7, 11) is 0. The number of halogens is 1. The van der Waals surface area contributed by atoms with Gasteiger partial charge in [0.25, 0.3) is 0 Å². The molecule has 18 heavy (non-hydrogen) atoms. The topological polar surface area (TPSA) is 38.5 Å². The molecule has 0 saturated carbocycles. The lowest BCUT2D eigenvalue weighted by Gasteiger charge is -2.37. The maximum absolute atomic E-state index is 6.29. The van der Waals surface area contributed by atoms with Crippen LogP contribution in [0.15, 0.2) is 18.2 Å². The second kappa shape index (κ2) is 5.91. The molecule has 1 fully saturated rings. The molecule has 1 saturated heterocycles. The molecule has 0 unspecified atom stereocenters. The van der Waals surface area contributed by atoms with Crippen LogP contribution in [0.1, 0.15) is 19.4 Å². The summed E-state index contributed by atoms with van der Waals surface area (Å²) in [4.78, 5) is 2.33. The van der Waals surface area contributed by atoms with Crippen molar-refractivity contribution in [1.29, 1.82) is 0 Å². The summed E-state index contributed by atoms with van der Waals surface area (Å²) in [6, 6.07) is 6.24. The number of morpholine rings is 1. The molecule has 0 aliphatic carbocycles. The van der Waals surface area contributed by atoms with Crippen molar-refractivity contribution in [1.82, 2.24) is 0 Å². The van der Waals surface area contributed by atoms with E-state index in [2.05, 4.69) is 30.9 Å². The summed E-state index contributed by atoms with van der Waals surface area (Å²) < 4.78 is 5.74. The van der Waals surface area contributed by atoms with Gasteiger partial charge >= 0.3 is 0 Å². The lowest BCUT2D eigenvalue weighted by Crippen LogP contribution is -2.45. The van der Waals surface area contributed by atoms with Crippen molar-refractivity contribution >= 4 is 17.3 Å². The highest BCUT2D eigenvalue weighted by Crippen LogP contribution is 2.26. The Balaban J connectivity index is 2.15. The van der Waals surface area contributed by atoms with Crippen molar-refractivity contribution in [2.75, 3.05) is 24.5 Å². The van der Waals surface area contributed by atoms with Crippen LogP contribution in [0.3, 0.4) is 0 Å². The summed E-state index contributed by atoms with van der Waals surface area (Å²) in [5, 5.41) is 0.810. The Labute approximate surface area is 114 Å². The first kappa shape index (κ1) is 13.7. The lowest BCUT2D eigenvalue weighted by atomic mass is 10.1. The van der Waals surface area contributed by atoms with Gasteiger partial charge in [-0.15, -0.1) is 0 Å². The highest BCUT2D eigenvalue weighted by molar-refractivity contribution is 6.31. The minimum absolute atomic E-state index is 0.260. The fraction of sp³-hybridized carbons (Fsp3) is 0.571. The normalized spacial score (nSPS) is 24.3. The second-order valence-corrected chi connectivity index (χ2v) is 5.38. The number of ether oxygens (including phenoxy) is 1. The third-order valence-electron chi connectivity index (χ3n) is 3.24. The Morgan fingerprint density at radius 3 is 2.56 bits per heavy atom. The van der Waals surface area contributed by atoms with Crippen LogP contribution >= 0.6 is 11.6 Å². The van der Waals surface area contributed by atoms with Gasteiger partial charge in [0.05, 0.1) is 12.2 Å². The molecule has 1 aromatic carbocycles. The largest absolute Gasteiger partial charge is 0.372 e. The van der Waals surface area contributed by atoms with Crippen molar-refractivity contribution < 1.29 is 4.74 Å². The van der Waals surface area contributed by atoms with Gasteiger partial charge in [0, 0.05) is 23.8 Å². The molecule has 4 heteroatoms. The van der Waals surface area contributed by atoms with E-state index in [0.29, 0.717) is 6.54 Å². The van der Waals surface area contributed by atoms with Gasteiger partial charge in [-0.2, -0.15) is 0 Å². The zero-order chi connectivity index (χ0) is 13.1. The van der Waals surface area contributed by atoms with Crippen LogP contribution in [0.2, 0.25) is 5.02 Å². The molecule has 0 spiro atoms. The van der Waals surface area contributed by atoms with E-state index < -0.39 is 0 Å². The van der Waals surface area contributed by atoms with Gasteiger partial charge in [0.2, 0.25) is 0 Å². The molecule has 0 aromatic heterocycles. The van der Waals surface area contributed by atoms with Crippen LogP contribution in [0.4, 0.5) is 5.69 Å². The summed E-state index contributed by atoms with van der Waals surface area (Å²) >= 11 is 6.29. The minimum Gasteiger partial charge on any atom is -0.372 e. The SMILES string of the molecule is C[C@@H]1CN(c2ccc(CCN)c(Cl)c2)C[C@H](C)O1. The summed E-state index contributed by atoms with van der Waals surface area (Å²) in [6.07, 6.45) is 1.35. The standard InChI is InChI=1S/C14H21ClN2O/c1-10-8-17(9-11(2)18-10)13-4-3-12(5-6-16)14(15)7-13/h3-4,7,10-11H,5-6,8-9,16H2,1-2H3/t10-,11+. The number of benzene rings is 1. The highest BCUT2D eigenvalue weighted by atomic mass is 35.5. The number of rotatable bonds is 3. The Bertz CT molecular complexity index is 401. The van der Waals surface area contributed by atoms with Crippen LogP contribution in [-0.4, -0.2) is 31.8 Å². The zero-order valence-corrected chi connectivity index (χ0v) is 11.8. The van der Waals surface area contributed by atoms with Gasteiger partial charge in [0.1, 0.15) is 0 Å². The summed E-state index contributed by atoms with van der Waals surface area (Å²) in [6.45, 7) is 6.67. The minimum atomic E-state index is 0.260. The van der Waals surface area contributed by atoms with Crippen molar-refractivity contribution in [3.05, 3.63) is 28.8 Å². The Hall–Kier alpha value is -0.770. The van der Waals surface area contributed by atoms with E-state index in [4.69, 9.17) is 22.1 Å². The molecular weight excluding hydrogens is 248 g/mol. The summed E-state index contributed by atoms with van der Waals surface area (Å²) in [5.74, 6) is 0. The first-order valence-electron chi connectivity index (χ1n) is 6.49. The molecule has 1 heterocycles. The van der Waals surface area contributed by atoms with Crippen LogP contribution in [0.25, 0.3) is 0 Å². The molecule has 1 aliphatic heterocycles. The molecule has 2 atom stereocenters. The second-order valence-electron chi connectivity index (χ2n) is 4.98. The van der Waals surface area contributed by atoms with Crippen molar-refractivity contribution in [2.45, 2.75) is 32.5 Å². The zero-order valence-electron chi connectivity index (χ0n) is 11.0. The van der Waals surface area contributed by atoms with E-state index in [0.717, 1.165) is 30.1 Å². The predicted octanol–water partition coefficient (Wildman–Crippen LogP) is 2.45. The van der Waals surface area contributed by atoms with Crippen LogP contribution in [0, 0.1) is 0 Å². The maximum atomic E-state index is 6.29. The lowest BCUT2D eigenvalue weighted by molar-refractivity contribution is -0.00521. The first-order valence-corrected chi connectivity index (χ1v) is 6.87. The van der Waals surface area contributed by atoms with Gasteiger partial charge in [-0.05, 0) is 44.5 Å². The van der Waals surface area contributed by atoms with Gasteiger partial charge in [0.15, 0.2) is 0 Å². The Kier molecular flexibility index (Phi) is 4.49. The first-order chi connectivity index (χ1) is 8.60. The number of nitrogens with two attached hydrogens (primary N) is 1. The van der Waals surface area contributed by atoms with E-state index in [9.17, 15) is 0 Å². The maximum Gasteiger partial charge on any atom is 0.0726 e. The average molecular weight is 269 g/mol. The van der Waals surface area contributed by atoms with Crippen LogP contribution in [0.5, 0.6) is 0 Å². The molecule has 3 nitrogen and oxygen atoms in total. The molecular formula is C14H21ClN2O. The van der Waals surface area contributed by atoms with Gasteiger partial charge in [-0.3, -0.25) is 0 Å².